The van der Waals surface area contributed by atoms with Crippen molar-refractivity contribution in [3.05, 3.63) is 48.0 Å². The van der Waals surface area contributed by atoms with Gasteiger partial charge in [0.2, 0.25) is 5.91 Å². The Morgan fingerprint density at radius 2 is 2.22 bits per heavy atom. The lowest BCUT2D eigenvalue weighted by atomic mass is 10.1. The largest absolute Gasteiger partial charge is 0.378 e. The van der Waals surface area contributed by atoms with E-state index < -0.39 is 0 Å². The number of benzene rings is 1. The average molecular weight is 244 g/mol. The molecule has 0 aliphatic heterocycles. The van der Waals surface area contributed by atoms with Crippen molar-refractivity contribution in [3.63, 3.8) is 0 Å². The van der Waals surface area contributed by atoms with Gasteiger partial charge in [-0.15, -0.1) is 0 Å². The number of hydrogen-bond acceptors (Lipinski definition) is 3. The zero-order valence-electron chi connectivity index (χ0n) is 10.2. The monoisotopic (exact) mass is 244 g/mol. The van der Waals surface area contributed by atoms with Crippen molar-refractivity contribution in [1.82, 2.24) is 15.3 Å². The second kappa shape index (κ2) is 5.86. The Bertz CT molecular complexity index is 507. The van der Waals surface area contributed by atoms with Crippen molar-refractivity contribution in [1.29, 1.82) is 0 Å². The van der Waals surface area contributed by atoms with Crippen LogP contribution in [0.2, 0.25) is 0 Å². The van der Waals surface area contributed by atoms with Gasteiger partial charge in [-0.3, -0.25) is 4.79 Å². The number of likely N-dealkylation sites (N-methyl/N-ethyl adjacent to an activating group) is 1. The number of carbonyl (C=O) groups excluding carboxylic acids is 1. The van der Waals surface area contributed by atoms with Gasteiger partial charge in [0, 0.05) is 25.1 Å². The van der Waals surface area contributed by atoms with E-state index in [1.165, 1.54) is 0 Å². The number of nitrogens with zero attached hydrogens (tertiary/aromatic N) is 1. The first-order chi connectivity index (χ1) is 8.79. The molecule has 2 aromatic rings. The number of amides is 1. The molecule has 5 nitrogen and oxygen atoms in total. The Morgan fingerprint density at radius 3 is 2.94 bits per heavy atom. The number of nitrogens with one attached hydrogen (secondary N) is 3. The number of anilines is 1. The third-order valence-electron chi connectivity index (χ3n) is 2.65. The van der Waals surface area contributed by atoms with Gasteiger partial charge in [0.15, 0.2) is 0 Å². The number of aromatic nitrogens is 2. The molecule has 0 spiro atoms. The van der Waals surface area contributed by atoms with Crippen molar-refractivity contribution in [2.45, 2.75) is 13.0 Å². The van der Waals surface area contributed by atoms with E-state index in [0.29, 0.717) is 13.0 Å². The molecular weight excluding hydrogens is 228 g/mol. The molecule has 0 unspecified atom stereocenters. The third kappa shape index (κ3) is 3.10. The quantitative estimate of drug-likeness (QED) is 0.742. The normalized spacial score (nSPS) is 10.1. The maximum atomic E-state index is 11.4. The molecule has 0 aliphatic carbocycles. The summed E-state index contributed by atoms with van der Waals surface area (Å²) in [5.74, 6) is 0.868. The van der Waals surface area contributed by atoms with E-state index in [2.05, 4.69) is 20.6 Å². The zero-order chi connectivity index (χ0) is 12.8. The van der Waals surface area contributed by atoms with Crippen LogP contribution in [0.1, 0.15) is 11.4 Å². The second-order valence-corrected chi connectivity index (χ2v) is 3.90. The van der Waals surface area contributed by atoms with Gasteiger partial charge in [0.05, 0.1) is 13.0 Å². The van der Waals surface area contributed by atoms with Crippen LogP contribution in [-0.2, 0) is 17.8 Å². The van der Waals surface area contributed by atoms with Gasteiger partial charge < -0.3 is 15.6 Å². The maximum Gasteiger partial charge on any atom is 0.224 e. The molecule has 1 aromatic heterocycles. The Kier molecular flexibility index (Phi) is 3.96. The molecule has 1 aromatic carbocycles. The highest BCUT2D eigenvalue weighted by atomic mass is 16.1. The first kappa shape index (κ1) is 12.2. The van der Waals surface area contributed by atoms with E-state index in [4.69, 9.17) is 0 Å². The van der Waals surface area contributed by atoms with Gasteiger partial charge in [-0.05, 0) is 11.6 Å². The Balaban J connectivity index is 2.05. The van der Waals surface area contributed by atoms with E-state index in [0.717, 1.165) is 17.1 Å². The second-order valence-electron chi connectivity index (χ2n) is 3.90. The molecule has 0 atom stereocenters. The van der Waals surface area contributed by atoms with Crippen LogP contribution < -0.4 is 10.6 Å². The molecule has 94 valence electrons. The lowest BCUT2D eigenvalue weighted by Crippen LogP contribution is -2.20. The van der Waals surface area contributed by atoms with Crippen molar-refractivity contribution in [2.24, 2.45) is 0 Å². The number of carbonyl (C=O) groups is 1. The Hall–Kier alpha value is -2.30. The van der Waals surface area contributed by atoms with Gasteiger partial charge in [-0.2, -0.15) is 0 Å². The molecule has 0 radical (unpaired) electrons. The molecule has 1 amide bonds. The molecule has 0 saturated carbocycles. The Labute approximate surface area is 106 Å². The fourth-order valence-electron chi connectivity index (χ4n) is 1.68. The highest BCUT2D eigenvalue weighted by molar-refractivity contribution is 5.80. The number of H-pyrrole nitrogens is 1. The van der Waals surface area contributed by atoms with Crippen LogP contribution in [0.3, 0.4) is 0 Å². The molecule has 5 heteroatoms. The minimum atomic E-state index is 0.00208. The van der Waals surface area contributed by atoms with Gasteiger partial charge in [-0.25, -0.2) is 4.98 Å². The fraction of sp³-hybridized carbons (Fsp3) is 0.231. The van der Waals surface area contributed by atoms with Gasteiger partial charge in [0.1, 0.15) is 5.82 Å². The van der Waals surface area contributed by atoms with Crippen LogP contribution in [0.25, 0.3) is 0 Å². The van der Waals surface area contributed by atoms with Crippen LogP contribution in [0, 0.1) is 0 Å². The minimum Gasteiger partial charge on any atom is -0.378 e. The zero-order valence-corrected chi connectivity index (χ0v) is 10.2. The topological polar surface area (TPSA) is 69.8 Å². The highest BCUT2D eigenvalue weighted by Crippen LogP contribution is 2.16. The summed E-state index contributed by atoms with van der Waals surface area (Å²) in [4.78, 5) is 18.6. The SMILES string of the molecule is CNC(=O)Cc1ccccc1NCc1ncc[nH]1. The number of rotatable bonds is 5. The summed E-state index contributed by atoms with van der Waals surface area (Å²) in [6.07, 6.45) is 3.87. The summed E-state index contributed by atoms with van der Waals surface area (Å²) in [6.45, 7) is 0.609. The first-order valence-electron chi connectivity index (χ1n) is 5.80. The smallest absolute Gasteiger partial charge is 0.224 e. The van der Waals surface area contributed by atoms with Crippen LogP contribution in [0.4, 0.5) is 5.69 Å². The van der Waals surface area contributed by atoms with E-state index in [9.17, 15) is 4.79 Å². The van der Waals surface area contributed by atoms with Crippen molar-refractivity contribution < 1.29 is 4.79 Å². The first-order valence-corrected chi connectivity index (χ1v) is 5.80. The third-order valence-corrected chi connectivity index (χ3v) is 2.65. The molecule has 2 rings (SSSR count). The van der Waals surface area contributed by atoms with Crippen LogP contribution in [0.15, 0.2) is 36.7 Å². The summed E-state index contributed by atoms with van der Waals surface area (Å²) >= 11 is 0. The maximum absolute atomic E-state index is 11.4. The predicted octanol–water partition coefficient (Wildman–Crippen LogP) is 1.31. The van der Waals surface area contributed by atoms with Crippen molar-refractivity contribution >= 4 is 11.6 Å². The molecule has 0 aliphatic rings. The van der Waals surface area contributed by atoms with Gasteiger partial charge in [-0.1, -0.05) is 18.2 Å². The van der Waals surface area contributed by atoms with E-state index in [1.807, 2.05) is 24.3 Å². The van der Waals surface area contributed by atoms with Gasteiger partial charge >= 0.3 is 0 Å². The van der Waals surface area contributed by atoms with Crippen molar-refractivity contribution in [3.8, 4) is 0 Å². The van der Waals surface area contributed by atoms with Gasteiger partial charge in [0.25, 0.3) is 0 Å². The number of imidazole rings is 1. The van der Waals surface area contributed by atoms with E-state index in [-0.39, 0.29) is 5.91 Å². The standard InChI is InChI=1S/C13H16N4O/c1-14-13(18)8-10-4-2-3-5-11(10)17-9-12-15-6-7-16-12/h2-7,17H,8-9H2,1H3,(H,14,18)(H,15,16). The molecule has 1 heterocycles. The summed E-state index contributed by atoms with van der Waals surface area (Å²) < 4.78 is 0. The molecule has 18 heavy (non-hydrogen) atoms. The van der Waals surface area contributed by atoms with Crippen LogP contribution >= 0.6 is 0 Å². The highest BCUT2D eigenvalue weighted by Gasteiger charge is 2.06. The molecule has 3 N–H and O–H groups in total. The summed E-state index contributed by atoms with van der Waals surface area (Å²) in [5, 5.41) is 5.90. The fourth-order valence-corrected chi connectivity index (χ4v) is 1.68. The molecular formula is C13H16N4O. The minimum absolute atomic E-state index is 0.00208. The summed E-state index contributed by atoms with van der Waals surface area (Å²) in [6, 6.07) is 7.77. The number of hydrogen-bond donors (Lipinski definition) is 3. The van der Waals surface area contributed by atoms with Crippen LogP contribution in [0.5, 0.6) is 0 Å². The summed E-state index contributed by atoms with van der Waals surface area (Å²) in [7, 11) is 1.64. The average Bonchev–Trinajstić information content (AvgIpc) is 2.91. The van der Waals surface area contributed by atoms with E-state index in [1.54, 1.807) is 19.4 Å². The lowest BCUT2D eigenvalue weighted by molar-refractivity contribution is -0.119. The predicted molar refractivity (Wildman–Crippen MR) is 70.1 cm³/mol. The summed E-state index contributed by atoms with van der Waals surface area (Å²) in [5.41, 5.74) is 1.93. The Morgan fingerprint density at radius 1 is 1.39 bits per heavy atom. The molecule has 0 saturated heterocycles. The molecule has 0 fully saturated rings. The van der Waals surface area contributed by atoms with E-state index >= 15 is 0 Å². The van der Waals surface area contributed by atoms with Crippen molar-refractivity contribution in [2.75, 3.05) is 12.4 Å². The number of para-hydroxylation sites is 1. The molecule has 0 bridgehead atoms. The number of aromatic amines is 1. The lowest BCUT2D eigenvalue weighted by Gasteiger charge is -2.10. The van der Waals surface area contributed by atoms with Crippen LogP contribution in [-0.4, -0.2) is 22.9 Å².